The van der Waals surface area contributed by atoms with Crippen LogP contribution in [-0.2, 0) is 11.3 Å². The third-order valence-corrected chi connectivity index (χ3v) is 5.53. The molecule has 0 aliphatic carbocycles. The Balaban J connectivity index is 1.81. The van der Waals surface area contributed by atoms with Crippen LogP contribution in [-0.4, -0.2) is 23.0 Å². The number of amides is 1. The Morgan fingerprint density at radius 3 is 2.48 bits per heavy atom. The highest BCUT2D eigenvalue weighted by atomic mass is 79.9. The molecule has 1 heterocycles. The van der Waals surface area contributed by atoms with Crippen molar-refractivity contribution in [3.05, 3.63) is 106 Å². The number of hydrogen-bond donors (Lipinski definition) is 1. The molecule has 1 amide bonds. The van der Waals surface area contributed by atoms with Crippen LogP contribution in [0.5, 0.6) is 5.75 Å². The van der Waals surface area contributed by atoms with Gasteiger partial charge < -0.3 is 14.7 Å². The van der Waals surface area contributed by atoms with Gasteiger partial charge in [0.05, 0.1) is 13.2 Å². The van der Waals surface area contributed by atoms with Crippen LogP contribution >= 0.6 is 15.9 Å². The van der Waals surface area contributed by atoms with Gasteiger partial charge in [-0.3, -0.25) is 4.79 Å². The molecule has 0 spiro atoms. The van der Waals surface area contributed by atoms with Crippen molar-refractivity contribution in [2.24, 2.45) is 0 Å². The molecule has 0 bridgehead atoms. The van der Waals surface area contributed by atoms with E-state index in [0.717, 1.165) is 26.9 Å². The van der Waals surface area contributed by atoms with Gasteiger partial charge in [0.25, 0.3) is 5.91 Å². The number of methoxy groups -OCH3 is 1. The van der Waals surface area contributed by atoms with Crippen LogP contribution in [0.4, 0.5) is 0 Å². The van der Waals surface area contributed by atoms with E-state index in [1.165, 1.54) is 0 Å². The summed E-state index contributed by atoms with van der Waals surface area (Å²) in [6, 6.07) is 24.6. The normalized spacial score (nSPS) is 16.4. The summed E-state index contributed by atoms with van der Waals surface area (Å²) in [6.45, 7) is 0.355. The minimum absolute atomic E-state index is 0.205. The molecule has 29 heavy (non-hydrogen) atoms. The van der Waals surface area contributed by atoms with Crippen LogP contribution in [0.25, 0.3) is 5.57 Å². The zero-order chi connectivity index (χ0) is 20.4. The van der Waals surface area contributed by atoms with Crippen molar-refractivity contribution in [1.82, 2.24) is 4.90 Å². The van der Waals surface area contributed by atoms with Crippen LogP contribution in [0.2, 0.25) is 0 Å². The van der Waals surface area contributed by atoms with Crippen molar-refractivity contribution in [2.45, 2.75) is 12.6 Å². The number of benzene rings is 3. The van der Waals surface area contributed by atoms with Gasteiger partial charge in [-0.05, 0) is 41.0 Å². The standard InChI is InChI=1S/C24H20BrNO3/c1-29-20-12-5-7-16(13-20)15-26-22(18-10-6-11-19(25)14-18)21(23(27)24(26)28)17-8-3-2-4-9-17/h2-14,22,27H,15H2,1H3/t22-/m0/s1. The first-order valence-electron chi connectivity index (χ1n) is 9.26. The van der Waals surface area contributed by atoms with Gasteiger partial charge in [0.2, 0.25) is 0 Å². The number of ether oxygens (including phenoxy) is 1. The molecule has 0 aromatic heterocycles. The predicted molar refractivity (Wildman–Crippen MR) is 116 cm³/mol. The minimum atomic E-state index is -0.395. The van der Waals surface area contributed by atoms with E-state index in [4.69, 9.17) is 4.74 Å². The highest BCUT2D eigenvalue weighted by Gasteiger charge is 2.41. The smallest absolute Gasteiger partial charge is 0.290 e. The summed E-state index contributed by atoms with van der Waals surface area (Å²) >= 11 is 3.52. The Morgan fingerprint density at radius 2 is 1.76 bits per heavy atom. The topological polar surface area (TPSA) is 49.8 Å². The molecule has 146 valence electrons. The van der Waals surface area contributed by atoms with Crippen LogP contribution in [0.3, 0.4) is 0 Å². The quantitative estimate of drug-likeness (QED) is 0.558. The molecule has 1 aliphatic heterocycles. The van der Waals surface area contributed by atoms with Gasteiger partial charge in [0, 0.05) is 16.6 Å². The van der Waals surface area contributed by atoms with Gasteiger partial charge in [-0.2, -0.15) is 0 Å². The molecule has 0 unspecified atom stereocenters. The predicted octanol–water partition coefficient (Wildman–Crippen LogP) is 5.51. The van der Waals surface area contributed by atoms with Crippen LogP contribution in [0, 0.1) is 0 Å². The summed E-state index contributed by atoms with van der Waals surface area (Å²) in [5.74, 6) is 0.148. The van der Waals surface area contributed by atoms with E-state index in [-0.39, 0.29) is 11.7 Å². The van der Waals surface area contributed by atoms with Crippen molar-refractivity contribution < 1.29 is 14.6 Å². The first-order chi connectivity index (χ1) is 14.1. The van der Waals surface area contributed by atoms with Gasteiger partial charge >= 0.3 is 0 Å². The molecule has 0 saturated carbocycles. The van der Waals surface area contributed by atoms with E-state index in [9.17, 15) is 9.90 Å². The number of carbonyl (C=O) groups is 1. The Kier molecular flexibility index (Phi) is 5.41. The first kappa shape index (κ1) is 19.3. The molecule has 1 N–H and O–H groups in total. The molecule has 0 fully saturated rings. The van der Waals surface area contributed by atoms with E-state index >= 15 is 0 Å². The molecule has 0 radical (unpaired) electrons. The van der Waals surface area contributed by atoms with E-state index in [1.54, 1.807) is 12.0 Å². The molecule has 3 aromatic rings. The van der Waals surface area contributed by atoms with Crippen molar-refractivity contribution >= 4 is 27.4 Å². The molecule has 4 rings (SSSR count). The third-order valence-electron chi connectivity index (χ3n) is 5.04. The van der Waals surface area contributed by atoms with Crippen molar-refractivity contribution in [3.8, 4) is 5.75 Å². The Morgan fingerprint density at radius 1 is 1.00 bits per heavy atom. The minimum Gasteiger partial charge on any atom is -0.503 e. The Bertz CT molecular complexity index is 1080. The molecule has 3 aromatic carbocycles. The molecule has 1 aliphatic rings. The second kappa shape index (κ2) is 8.13. The zero-order valence-electron chi connectivity index (χ0n) is 15.9. The number of nitrogens with zero attached hydrogens (tertiary/aromatic N) is 1. The second-order valence-electron chi connectivity index (χ2n) is 6.87. The molecule has 4 nitrogen and oxygen atoms in total. The Hall–Kier alpha value is -3.05. The third kappa shape index (κ3) is 3.78. The van der Waals surface area contributed by atoms with E-state index in [1.807, 2.05) is 78.9 Å². The molecule has 0 saturated heterocycles. The summed E-state index contributed by atoms with van der Waals surface area (Å²) in [5.41, 5.74) is 3.31. The van der Waals surface area contributed by atoms with Crippen LogP contribution in [0.15, 0.2) is 89.1 Å². The van der Waals surface area contributed by atoms with Gasteiger partial charge in [-0.25, -0.2) is 0 Å². The lowest BCUT2D eigenvalue weighted by Crippen LogP contribution is -2.29. The number of carbonyl (C=O) groups excluding carboxylic acids is 1. The van der Waals surface area contributed by atoms with Gasteiger partial charge in [0.1, 0.15) is 5.75 Å². The van der Waals surface area contributed by atoms with Gasteiger partial charge in [0.15, 0.2) is 5.76 Å². The Labute approximate surface area is 178 Å². The SMILES string of the molecule is COc1cccc(CN2C(=O)C(O)=C(c3ccccc3)[C@@H]2c2cccc(Br)c2)c1. The lowest BCUT2D eigenvalue weighted by molar-refractivity contribution is -0.130. The van der Waals surface area contributed by atoms with Crippen molar-refractivity contribution in [1.29, 1.82) is 0 Å². The van der Waals surface area contributed by atoms with Gasteiger partial charge in [-0.15, -0.1) is 0 Å². The highest BCUT2D eigenvalue weighted by molar-refractivity contribution is 9.10. The summed E-state index contributed by atoms with van der Waals surface area (Å²) in [4.78, 5) is 14.8. The first-order valence-corrected chi connectivity index (χ1v) is 10.1. The lowest BCUT2D eigenvalue weighted by atomic mass is 9.93. The summed E-state index contributed by atoms with van der Waals surface area (Å²) in [6.07, 6.45) is 0. The van der Waals surface area contributed by atoms with Crippen LogP contribution < -0.4 is 4.74 Å². The van der Waals surface area contributed by atoms with Gasteiger partial charge in [-0.1, -0.05) is 70.5 Å². The van der Waals surface area contributed by atoms with Crippen molar-refractivity contribution in [2.75, 3.05) is 7.11 Å². The number of halogens is 1. The van der Waals surface area contributed by atoms with Crippen molar-refractivity contribution in [3.63, 3.8) is 0 Å². The number of aliphatic hydroxyl groups is 1. The monoisotopic (exact) mass is 449 g/mol. The maximum absolute atomic E-state index is 13.1. The largest absolute Gasteiger partial charge is 0.503 e. The van der Waals surface area contributed by atoms with E-state index < -0.39 is 6.04 Å². The average Bonchev–Trinajstić information content (AvgIpc) is 2.99. The van der Waals surface area contributed by atoms with E-state index in [0.29, 0.717) is 12.1 Å². The van der Waals surface area contributed by atoms with E-state index in [2.05, 4.69) is 15.9 Å². The summed E-state index contributed by atoms with van der Waals surface area (Å²) < 4.78 is 6.23. The van der Waals surface area contributed by atoms with Crippen LogP contribution in [0.1, 0.15) is 22.7 Å². The molecular weight excluding hydrogens is 430 g/mol. The fourth-order valence-corrected chi connectivity index (χ4v) is 4.14. The fraction of sp³-hybridized carbons (Fsp3) is 0.125. The lowest BCUT2D eigenvalue weighted by Gasteiger charge is -2.28. The second-order valence-corrected chi connectivity index (χ2v) is 7.79. The maximum Gasteiger partial charge on any atom is 0.290 e. The molecule has 1 atom stereocenters. The number of hydrogen-bond acceptors (Lipinski definition) is 3. The maximum atomic E-state index is 13.1. The molecular formula is C24H20BrNO3. The average molecular weight is 450 g/mol. The number of aliphatic hydroxyl groups excluding tert-OH is 1. The summed E-state index contributed by atoms with van der Waals surface area (Å²) in [7, 11) is 1.62. The molecule has 5 heteroatoms. The highest BCUT2D eigenvalue weighted by Crippen LogP contribution is 2.44. The fourth-order valence-electron chi connectivity index (χ4n) is 3.72. The number of rotatable bonds is 5. The summed E-state index contributed by atoms with van der Waals surface area (Å²) in [5, 5.41) is 10.8. The zero-order valence-corrected chi connectivity index (χ0v) is 17.5.